The standard InChI is InChI=1S/C14H25N5O/c1-4-11-17-12(10(2)13(18-11)19-15)16-9-14(3)5-7-20-8-6-14/h4-9,15H2,1-3H3,(H2,16,17,18,19). The molecular weight excluding hydrogens is 254 g/mol. The molecule has 112 valence electrons. The van der Waals surface area contributed by atoms with E-state index in [9.17, 15) is 0 Å². The molecule has 0 atom stereocenters. The van der Waals surface area contributed by atoms with Crippen molar-refractivity contribution in [2.24, 2.45) is 11.3 Å². The van der Waals surface area contributed by atoms with Crippen molar-refractivity contribution >= 4 is 11.6 Å². The first-order valence-electron chi connectivity index (χ1n) is 7.24. The van der Waals surface area contributed by atoms with E-state index in [1.807, 2.05) is 13.8 Å². The SMILES string of the molecule is CCc1nc(NN)c(C)c(NCC2(C)CCOCC2)n1. The maximum atomic E-state index is 5.52. The van der Waals surface area contributed by atoms with Crippen molar-refractivity contribution in [2.45, 2.75) is 40.0 Å². The lowest BCUT2D eigenvalue weighted by Gasteiger charge is -2.34. The summed E-state index contributed by atoms with van der Waals surface area (Å²) in [5, 5.41) is 3.47. The summed E-state index contributed by atoms with van der Waals surface area (Å²) < 4.78 is 5.43. The van der Waals surface area contributed by atoms with Gasteiger partial charge in [0.05, 0.1) is 0 Å². The average molecular weight is 279 g/mol. The van der Waals surface area contributed by atoms with E-state index in [0.717, 1.165) is 56.2 Å². The topological polar surface area (TPSA) is 85.1 Å². The summed E-state index contributed by atoms with van der Waals surface area (Å²) >= 11 is 0. The number of nitrogens with two attached hydrogens (primary N) is 1. The Morgan fingerprint density at radius 1 is 1.25 bits per heavy atom. The zero-order valence-electron chi connectivity index (χ0n) is 12.6. The van der Waals surface area contributed by atoms with E-state index < -0.39 is 0 Å². The predicted octanol–water partition coefficient (Wildman–Crippen LogP) is 1.86. The second kappa shape index (κ2) is 6.37. The van der Waals surface area contributed by atoms with Gasteiger partial charge < -0.3 is 15.5 Å². The number of anilines is 2. The maximum Gasteiger partial charge on any atom is 0.148 e. The molecular formula is C14H25N5O. The number of aromatic nitrogens is 2. The Labute approximate surface area is 120 Å². The summed E-state index contributed by atoms with van der Waals surface area (Å²) in [5.41, 5.74) is 3.87. The van der Waals surface area contributed by atoms with Crippen LogP contribution in [0, 0.1) is 12.3 Å². The highest BCUT2D eigenvalue weighted by atomic mass is 16.5. The highest BCUT2D eigenvalue weighted by Gasteiger charge is 2.27. The van der Waals surface area contributed by atoms with Crippen molar-refractivity contribution in [1.29, 1.82) is 0 Å². The molecule has 0 saturated carbocycles. The fourth-order valence-electron chi connectivity index (χ4n) is 2.37. The molecule has 2 heterocycles. The van der Waals surface area contributed by atoms with Crippen molar-refractivity contribution in [1.82, 2.24) is 9.97 Å². The molecule has 1 aliphatic rings. The Hall–Kier alpha value is -1.40. The number of ether oxygens (including phenoxy) is 1. The van der Waals surface area contributed by atoms with Gasteiger partial charge in [0, 0.05) is 31.7 Å². The van der Waals surface area contributed by atoms with E-state index in [-0.39, 0.29) is 5.41 Å². The first-order chi connectivity index (χ1) is 9.58. The molecule has 6 nitrogen and oxygen atoms in total. The molecule has 20 heavy (non-hydrogen) atoms. The van der Waals surface area contributed by atoms with E-state index >= 15 is 0 Å². The van der Waals surface area contributed by atoms with E-state index in [1.54, 1.807) is 0 Å². The zero-order chi connectivity index (χ0) is 14.6. The number of hydrogen-bond donors (Lipinski definition) is 3. The van der Waals surface area contributed by atoms with Gasteiger partial charge in [0.1, 0.15) is 17.5 Å². The minimum absolute atomic E-state index is 0.262. The normalized spacial score (nSPS) is 17.8. The first kappa shape index (κ1) is 15.0. The van der Waals surface area contributed by atoms with Gasteiger partial charge >= 0.3 is 0 Å². The highest BCUT2D eigenvalue weighted by molar-refractivity contribution is 5.56. The molecule has 1 fully saturated rings. The minimum Gasteiger partial charge on any atom is -0.381 e. The number of hydrogen-bond acceptors (Lipinski definition) is 6. The Balaban J connectivity index is 2.12. The van der Waals surface area contributed by atoms with Crippen molar-refractivity contribution in [3.8, 4) is 0 Å². The van der Waals surface area contributed by atoms with Crippen LogP contribution in [0.5, 0.6) is 0 Å². The smallest absolute Gasteiger partial charge is 0.148 e. The van der Waals surface area contributed by atoms with Gasteiger partial charge in [0.25, 0.3) is 0 Å². The Bertz CT molecular complexity index is 457. The van der Waals surface area contributed by atoms with Crippen molar-refractivity contribution < 1.29 is 4.74 Å². The number of rotatable bonds is 5. The molecule has 0 bridgehead atoms. The van der Waals surface area contributed by atoms with E-state index in [0.29, 0.717) is 5.82 Å². The zero-order valence-corrected chi connectivity index (χ0v) is 12.6. The van der Waals surface area contributed by atoms with Gasteiger partial charge in [-0.3, -0.25) is 0 Å². The molecule has 0 spiro atoms. The van der Waals surface area contributed by atoms with Crippen LogP contribution in [0.2, 0.25) is 0 Å². The summed E-state index contributed by atoms with van der Waals surface area (Å²) in [6, 6.07) is 0. The second-order valence-corrected chi connectivity index (χ2v) is 5.74. The summed E-state index contributed by atoms with van der Waals surface area (Å²) in [4.78, 5) is 8.94. The van der Waals surface area contributed by atoms with Gasteiger partial charge in [-0.05, 0) is 25.2 Å². The van der Waals surface area contributed by atoms with Gasteiger partial charge in [0.2, 0.25) is 0 Å². The molecule has 0 aliphatic carbocycles. The third-order valence-corrected chi connectivity index (χ3v) is 4.03. The van der Waals surface area contributed by atoms with Gasteiger partial charge in [-0.1, -0.05) is 13.8 Å². The van der Waals surface area contributed by atoms with Crippen LogP contribution in [-0.2, 0) is 11.2 Å². The lowest BCUT2D eigenvalue weighted by Crippen LogP contribution is -2.33. The van der Waals surface area contributed by atoms with Crippen LogP contribution >= 0.6 is 0 Å². The van der Waals surface area contributed by atoms with Crippen LogP contribution in [0.15, 0.2) is 0 Å². The van der Waals surface area contributed by atoms with Crippen LogP contribution in [0.25, 0.3) is 0 Å². The van der Waals surface area contributed by atoms with Crippen LogP contribution in [0.4, 0.5) is 11.6 Å². The van der Waals surface area contributed by atoms with Crippen LogP contribution in [0.3, 0.4) is 0 Å². The summed E-state index contributed by atoms with van der Waals surface area (Å²) in [6.07, 6.45) is 2.94. The minimum atomic E-state index is 0.262. The molecule has 0 aromatic carbocycles. The second-order valence-electron chi connectivity index (χ2n) is 5.74. The summed E-state index contributed by atoms with van der Waals surface area (Å²) in [7, 11) is 0. The van der Waals surface area contributed by atoms with E-state index in [4.69, 9.17) is 10.6 Å². The number of aryl methyl sites for hydroxylation is 1. The lowest BCUT2D eigenvalue weighted by molar-refractivity contribution is 0.0299. The predicted molar refractivity (Wildman–Crippen MR) is 80.6 cm³/mol. The average Bonchev–Trinajstić information content (AvgIpc) is 2.47. The molecule has 1 aromatic heterocycles. The maximum absolute atomic E-state index is 5.52. The molecule has 1 saturated heterocycles. The molecule has 0 amide bonds. The Morgan fingerprint density at radius 2 is 1.90 bits per heavy atom. The van der Waals surface area contributed by atoms with Crippen molar-refractivity contribution in [3.63, 3.8) is 0 Å². The van der Waals surface area contributed by atoms with Crippen LogP contribution in [0.1, 0.15) is 38.1 Å². The van der Waals surface area contributed by atoms with Crippen molar-refractivity contribution in [2.75, 3.05) is 30.5 Å². The molecule has 4 N–H and O–H groups in total. The molecule has 1 aliphatic heterocycles. The highest BCUT2D eigenvalue weighted by Crippen LogP contribution is 2.30. The number of nitrogen functional groups attached to an aromatic ring is 1. The van der Waals surface area contributed by atoms with Crippen LogP contribution < -0.4 is 16.6 Å². The van der Waals surface area contributed by atoms with Gasteiger partial charge in [-0.2, -0.15) is 0 Å². The number of hydrazine groups is 1. The molecule has 6 heteroatoms. The van der Waals surface area contributed by atoms with Crippen molar-refractivity contribution in [3.05, 3.63) is 11.4 Å². The van der Waals surface area contributed by atoms with E-state index in [2.05, 4.69) is 27.6 Å². The van der Waals surface area contributed by atoms with Gasteiger partial charge in [0.15, 0.2) is 0 Å². The largest absolute Gasteiger partial charge is 0.381 e. The third kappa shape index (κ3) is 3.37. The quantitative estimate of drug-likeness (QED) is 0.563. The first-order valence-corrected chi connectivity index (χ1v) is 7.24. The molecule has 0 unspecified atom stereocenters. The number of nitrogens with zero attached hydrogens (tertiary/aromatic N) is 2. The monoisotopic (exact) mass is 279 g/mol. The Morgan fingerprint density at radius 3 is 2.50 bits per heavy atom. The fourth-order valence-corrected chi connectivity index (χ4v) is 2.37. The third-order valence-electron chi connectivity index (χ3n) is 4.03. The summed E-state index contributed by atoms with van der Waals surface area (Å²) in [6.45, 7) is 8.88. The fraction of sp³-hybridized carbons (Fsp3) is 0.714. The van der Waals surface area contributed by atoms with Gasteiger partial charge in [-0.15, -0.1) is 0 Å². The summed E-state index contributed by atoms with van der Waals surface area (Å²) in [5.74, 6) is 7.88. The molecule has 0 radical (unpaired) electrons. The molecule has 1 aromatic rings. The lowest BCUT2D eigenvalue weighted by atomic mass is 9.82. The number of nitrogens with one attached hydrogen (secondary N) is 2. The molecule has 2 rings (SSSR count). The van der Waals surface area contributed by atoms with Gasteiger partial charge in [-0.25, -0.2) is 15.8 Å². The van der Waals surface area contributed by atoms with Crippen LogP contribution in [-0.4, -0.2) is 29.7 Å². The van der Waals surface area contributed by atoms with E-state index in [1.165, 1.54) is 0 Å². The Kier molecular flexibility index (Phi) is 4.77.